The van der Waals surface area contributed by atoms with Gasteiger partial charge in [0.15, 0.2) is 9.84 Å². The molecule has 0 radical (unpaired) electrons. The fourth-order valence-corrected chi connectivity index (χ4v) is 6.83. The molecule has 1 saturated carbocycles. The lowest BCUT2D eigenvalue weighted by Gasteiger charge is -2.25. The molecule has 40 heavy (non-hydrogen) atoms. The van der Waals surface area contributed by atoms with Crippen LogP contribution < -0.4 is 4.90 Å². The average molecular weight is 588 g/mol. The highest BCUT2D eigenvalue weighted by Gasteiger charge is 2.48. The summed E-state index contributed by atoms with van der Waals surface area (Å²) >= 11 is 0. The molecule has 2 aromatic carbocycles. The maximum atomic E-state index is 13.7. The van der Waals surface area contributed by atoms with Crippen LogP contribution in [-0.4, -0.2) is 49.1 Å². The van der Waals surface area contributed by atoms with Crippen molar-refractivity contribution in [2.75, 3.05) is 18.6 Å². The number of aromatic nitrogens is 2. The fourth-order valence-electron chi connectivity index (χ4n) is 4.92. The molecule has 1 saturated heterocycles. The zero-order chi connectivity index (χ0) is 29.0. The van der Waals surface area contributed by atoms with Crippen molar-refractivity contribution in [3.63, 3.8) is 0 Å². The number of hydrogen-bond donors (Lipinski definition) is 0. The maximum absolute atomic E-state index is 13.7. The first-order valence-corrected chi connectivity index (χ1v) is 13.8. The molecule has 3 aromatic rings. The molecule has 0 bridgehead atoms. The molecule has 0 amide bonds. The minimum absolute atomic E-state index is 0.0896. The smallest absolute Gasteiger partial charge is 0.417 e. The van der Waals surface area contributed by atoms with Gasteiger partial charge in [-0.2, -0.15) is 31.4 Å². The number of nitrogens with zero attached hydrogens (tertiary/aromatic N) is 3. The Kier molecular flexibility index (Phi) is 6.87. The van der Waals surface area contributed by atoms with E-state index in [1.807, 2.05) is 0 Å². The number of halogens is 6. The monoisotopic (exact) mass is 587 g/mol. The summed E-state index contributed by atoms with van der Waals surface area (Å²) in [5.41, 5.74) is -1.36. The molecule has 0 N–H and O–H groups in total. The van der Waals surface area contributed by atoms with Crippen LogP contribution in [0.5, 0.6) is 0 Å². The quantitative estimate of drug-likeness (QED) is 0.285. The fraction of sp³-hybridized carbons (Fsp3) is 0.385. The van der Waals surface area contributed by atoms with Crippen molar-refractivity contribution in [3.8, 4) is 5.69 Å². The predicted molar refractivity (Wildman–Crippen MR) is 131 cm³/mol. The first-order valence-electron chi connectivity index (χ1n) is 12.2. The molecule has 1 aliphatic heterocycles. The SMILES string of the molecule is COC(=O)C1C[C@@H](S(=O)(=O)c2ccccc2C(F)(F)F)CN1c1cc(C2CC2)nn1-c1ccc(C(F)(F)F)cc1. The van der Waals surface area contributed by atoms with Crippen molar-refractivity contribution in [1.29, 1.82) is 0 Å². The van der Waals surface area contributed by atoms with Crippen molar-refractivity contribution < 1.29 is 44.3 Å². The molecule has 2 fully saturated rings. The molecule has 1 unspecified atom stereocenters. The van der Waals surface area contributed by atoms with Gasteiger partial charge in [-0.1, -0.05) is 12.1 Å². The number of rotatable bonds is 6. The first kappa shape index (κ1) is 28.0. The third kappa shape index (κ3) is 5.16. The number of anilines is 1. The van der Waals surface area contributed by atoms with Crippen molar-refractivity contribution in [1.82, 2.24) is 9.78 Å². The number of carbonyl (C=O) groups is 1. The second kappa shape index (κ2) is 9.82. The predicted octanol–water partition coefficient (Wildman–Crippen LogP) is 5.38. The Labute approximate surface area is 225 Å². The average Bonchev–Trinajstić information content (AvgIpc) is 3.49. The molecule has 2 aliphatic rings. The third-order valence-corrected chi connectivity index (χ3v) is 9.30. The topological polar surface area (TPSA) is 81.5 Å². The van der Waals surface area contributed by atoms with Gasteiger partial charge in [0, 0.05) is 18.5 Å². The number of ether oxygens (including phenoxy) is 1. The van der Waals surface area contributed by atoms with Crippen LogP contribution in [0.3, 0.4) is 0 Å². The van der Waals surface area contributed by atoms with Gasteiger partial charge in [-0.25, -0.2) is 17.9 Å². The molecule has 2 atom stereocenters. The maximum Gasteiger partial charge on any atom is 0.417 e. The van der Waals surface area contributed by atoms with E-state index in [4.69, 9.17) is 4.74 Å². The van der Waals surface area contributed by atoms with Gasteiger partial charge < -0.3 is 9.64 Å². The van der Waals surface area contributed by atoms with E-state index >= 15 is 0 Å². The van der Waals surface area contributed by atoms with E-state index in [0.717, 1.165) is 44.2 Å². The van der Waals surface area contributed by atoms with Crippen LogP contribution in [0.2, 0.25) is 0 Å². The van der Waals surface area contributed by atoms with E-state index in [0.29, 0.717) is 11.8 Å². The molecule has 214 valence electrons. The minimum atomic E-state index is -4.93. The normalized spacial score (nSPS) is 20.1. The van der Waals surface area contributed by atoms with Crippen LogP contribution in [0.4, 0.5) is 32.2 Å². The lowest BCUT2D eigenvalue weighted by Crippen LogP contribution is -2.38. The van der Waals surface area contributed by atoms with Gasteiger partial charge >= 0.3 is 18.3 Å². The third-order valence-electron chi connectivity index (χ3n) is 7.11. The first-order chi connectivity index (χ1) is 18.7. The van der Waals surface area contributed by atoms with Crippen molar-refractivity contribution in [3.05, 3.63) is 71.4 Å². The van der Waals surface area contributed by atoms with Crippen LogP contribution in [0.1, 0.15) is 42.0 Å². The summed E-state index contributed by atoms with van der Waals surface area (Å²) in [6.45, 7) is -0.370. The van der Waals surface area contributed by atoms with Crippen molar-refractivity contribution in [2.24, 2.45) is 0 Å². The van der Waals surface area contributed by atoms with Crippen LogP contribution >= 0.6 is 0 Å². The molecule has 0 spiro atoms. The number of alkyl halides is 6. The summed E-state index contributed by atoms with van der Waals surface area (Å²) in [4.78, 5) is 13.3. The molecule has 2 heterocycles. The standard InChI is InChI=1S/C26H23F6N3O4S/c1-39-24(36)21-12-18(40(37,38)22-5-3-2-4-19(22)26(30,31)32)14-34(21)23-13-20(15-6-7-15)33-35(23)17-10-8-16(9-11-17)25(27,28)29/h2-5,8-11,13,15,18,21H,6-7,12,14H2,1H3/t18-,21?/m1/s1. The van der Waals surface area contributed by atoms with Gasteiger partial charge in [0.2, 0.25) is 0 Å². The molecule has 14 heteroatoms. The number of carbonyl (C=O) groups excluding carboxylic acids is 1. The van der Waals surface area contributed by atoms with Gasteiger partial charge in [-0.15, -0.1) is 0 Å². The Morgan fingerprint density at radius 3 is 2.20 bits per heavy atom. The summed E-state index contributed by atoms with van der Waals surface area (Å²) < 4.78 is 114. The van der Waals surface area contributed by atoms with Crippen LogP contribution in [0, 0.1) is 0 Å². The number of hydrogen-bond acceptors (Lipinski definition) is 6. The minimum Gasteiger partial charge on any atom is -0.467 e. The van der Waals surface area contributed by atoms with Crippen LogP contribution in [-0.2, 0) is 31.7 Å². The second-order valence-corrected chi connectivity index (χ2v) is 11.9. The van der Waals surface area contributed by atoms with Gasteiger partial charge in [0.05, 0.1) is 39.8 Å². The Hall–Kier alpha value is -3.55. The summed E-state index contributed by atoms with van der Waals surface area (Å²) in [5, 5.41) is 3.12. The summed E-state index contributed by atoms with van der Waals surface area (Å²) in [5.74, 6) is -0.499. The van der Waals surface area contributed by atoms with E-state index in [-0.39, 0.29) is 30.4 Å². The zero-order valence-corrected chi connectivity index (χ0v) is 21.7. The van der Waals surface area contributed by atoms with Gasteiger partial charge in [0.1, 0.15) is 11.9 Å². The van der Waals surface area contributed by atoms with Crippen molar-refractivity contribution in [2.45, 2.75) is 53.7 Å². The van der Waals surface area contributed by atoms with E-state index < -0.39 is 55.5 Å². The largest absolute Gasteiger partial charge is 0.467 e. The van der Waals surface area contributed by atoms with Gasteiger partial charge in [-0.3, -0.25) is 0 Å². The highest BCUT2D eigenvalue weighted by molar-refractivity contribution is 7.92. The van der Waals surface area contributed by atoms with E-state index in [9.17, 15) is 39.6 Å². The molecule has 1 aromatic heterocycles. The second-order valence-electron chi connectivity index (χ2n) is 9.75. The number of esters is 1. The molecule has 1 aliphatic carbocycles. The lowest BCUT2D eigenvalue weighted by atomic mass is 10.2. The summed E-state index contributed by atoms with van der Waals surface area (Å²) in [6, 6.07) is 8.42. The summed E-state index contributed by atoms with van der Waals surface area (Å²) in [7, 11) is -3.49. The number of methoxy groups -OCH3 is 1. The van der Waals surface area contributed by atoms with Crippen molar-refractivity contribution >= 4 is 21.6 Å². The summed E-state index contributed by atoms with van der Waals surface area (Å²) in [6.07, 6.45) is -8.20. The molecular formula is C26H23F6N3O4S. The Balaban J connectivity index is 1.57. The van der Waals surface area contributed by atoms with E-state index in [1.54, 1.807) is 6.07 Å². The highest BCUT2D eigenvalue weighted by Crippen LogP contribution is 2.43. The Morgan fingerprint density at radius 2 is 1.62 bits per heavy atom. The lowest BCUT2D eigenvalue weighted by molar-refractivity contribution is -0.142. The Bertz CT molecular complexity index is 1530. The van der Waals surface area contributed by atoms with Crippen LogP contribution in [0.25, 0.3) is 5.69 Å². The van der Waals surface area contributed by atoms with Gasteiger partial charge in [-0.05, 0) is 55.7 Å². The van der Waals surface area contributed by atoms with E-state index in [2.05, 4.69) is 5.10 Å². The van der Waals surface area contributed by atoms with E-state index in [1.165, 1.54) is 27.8 Å². The zero-order valence-electron chi connectivity index (χ0n) is 20.9. The van der Waals surface area contributed by atoms with Crippen LogP contribution in [0.15, 0.2) is 59.5 Å². The number of sulfone groups is 1. The Morgan fingerprint density at radius 1 is 0.975 bits per heavy atom. The number of benzene rings is 2. The van der Waals surface area contributed by atoms with Gasteiger partial charge in [0.25, 0.3) is 0 Å². The highest BCUT2D eigenvalue weighted by atomic mass is 32.2. The molecule has 7 nitrogen and oxygen atoms in total. The molecular weight excluding hydrogens is 564 g/mol. The molecule has 5 rings (SSSR count).